The Bertz CT molecular complexity index is 741. The van der Waals surface area contributed by atoms with Crippen molar-refractivity contribution in [3.05, 3.63) is 16.0 Å². The Balaban J connectivity index is 2.12. The number of carbonyl (C=O) groups excluding carboxylic acids is 2. The highest BCUT2D eigenvalue weighted by molar-refractivity contribution is 7.99. The largest absolute Gasteiger partial charge is 0.462 e. The van der Waals surface area contributed by atoms with Crippen LogP contribution in [0.5, 0.6) is 0 Å². The van der Waals surface area contributed by atoms with Gasteiger partial charge in [0.1, 0.15) is 5.00 Å². The number of ether oxygens (including phenoxy) is 1. The molecule has 2 heterocycles. The summed E-state index contributed by atoms with van der Waals surface area (Å²) in [4.78, 5) is 25.4. The zero-order chi connectivity index (χ0) is 17.7. The van der Waals surface area contributed by atoms with Gasteiger partial charge in [-0.05, 0) is 36.3 Å². The second-order valence-electron chi connectivity index (χ2n) is 4.84. The molecule has 10 heteroatoms. The number of anilines is 1. The fourth-order valence-corrected chi connectivity index (χ4v) is 3.95. The van der Waals surface area contributed by atoms with Gasteiger partial charge in [0.2, 0.25) is 11.1 Å². The van der Waals surface area contributed by atoms with Gasteiger partial charge in [-0.1, -0.05) is 18.7 Å². The molecule has 0 aliphatic carbocycles. The van der Waals surface area contributed by atoms with Crippen LogP contribution in [-0.4, -0.2) is 44.4 Å². The minimum atomic E-state index is -0.404. The highest BCUT2D eigenvalue weighted by Crippen LogP contribution is 2.34. The third-order valence-electron chi connectivity index (χ3n) is 3.21. The molecule has 1 N–H and O–H groups in total. The predicted octanol–water partition coefficient (Wildman–Crippen LogP) is 2.05. The van der Waals surface area contributed by atoms with Gasteiger partial charge in [-0.2, -0.15) is 0 Å². The van der Waals surface area contributed by atoms with Crippen LogP contribution in [0.4, 0.5) is 5.00 Å². The molecule has 8 nitrogen and oxygen atoms in total. The molecule has 130 valence electrons. The topological polar surface area (TPSA) is 99.0 Å². The summed E-state index contributed by atoms with van der Waals surface area (Å²) < 4.78 is 6.61. The first-order chi connectivity index (χ1) is 11.5. The number of carbonyl (C=O) groups is 2. The maximum Gasteiger partial charge on any atom is 0.341 e. The molecular formula is C14H19N5O3S2. The van der Waals surface area contributed by atoms with Gasteiger partial charge in [-0.15, -0.1) is 16.4 Å². The Labute approximate surface area is 148 Å². The maximum absolute atomic E-state index is 12.2. The molecule has 0 radical (unpaired) electrons. The number of thiophene rings is 1. The third-order valence-corrected chi connectivity index (χ3v) is 5.28. The zero-order valence-electron chi connectivity index (χ0n) is 14.0. The summed E-state index contributed by atoms with van der Waals surface area (Å²) in [5.41, 5.74) is 1.37. The summed E-state index contributed by atoms with van der Waals surface area (Å²) >= 11 is 2.61. The van der Waals surface area contributed by atoms with Crippen LogP contribution >= 0.6 is 23.1 Å². The van der Waals surface area contributed by atoms with Crippen molar-refractivity contribution < 1.29 is 14.3 Å². The average Bonchev–Trinajstić information content (AvgIpc) is 3.08. The molecule has 2 aromatic rings. The Morgan fingerprint density at radius 3 is 2.71 bits per heavy atom. The molecular weight excluding hydrogens is 350 g/mol. The molecule has 0 unspecified atom stereocenters. The highest BCUT2D eigenvalue weighted by atomic mass is 32.2. The number of hydrogen-bond donors (Lipinski definition) is 1. The fourth-order valence-electron chi connectivity index (χ4n) is 2.15. The Morgan fingerprint density at radius 1 is 1.38 bits per heavy atom. The number of nitrogens with one attached hydrogen (secondary N) is 1. The number of hydrogen-bond acceptors (Lipinski definition) is 8. The van der Waals surface area contributed by atoms with Crippen molar-refractivity contribution in [3.63, 3.8) is 0 Å². The van der Waals surface area contributed by atoms with Crippen LogP contribution in [-0.2, 0) is 23.0 Å². The van der Waals surface area contributed by atoms with Gasteiger partial charge in [-0.25, -0.2) is 9.48 Å². The molecule has 0 saturated carbocycles. The van der Waals surface area contributed by atoms with E-state index in [2.05, 4.69) is 20.8 Å². The quantitative estimate of drug-likeness (QED) is 0.589. The van der Waals surface area contributed by atoms with E-state index in [4.69, 9.17) is 4.74 Å². The number of rotatable bonds is 7. The standard InChI is InChI=1S/C14H19N5O3S2/c1-5-9-8(3)24-12(11(9)13(21)22-6-2)15-10(20)7-23-14-16-17-18-19(14)4/h5-7H2,1-4H3,(H,15,20). The summed E-state index contributed by atoms with van der Waals surface area (Å²) in [5, 5.41) is 14.9. The number of aromatic nitrogens is 4. The Kier molecular flexibility index (Phi) is 6.32. The monoisotopic (exact) mass is 369 g/mol. The van der Waals surface area contributed by atoms with Crippen LogP contribution in [0.2, 0.25) is 0 Å². The highest BCUT2D eigenvalue weighted by Gasteiger charge is 2.23. The molecule has 2 aromatic heterocycles. The van der Waals surface area contributed by atoms with Gasteiger partial charge in [0.25, 0.3) is 0 Å². The molecule has 0 aromatic carbocycles. The van der Waals surface area contributed by atoms with E-state index in [-0.39, 0.29) is 11.7 Å². The van der Waals surface area contributed by atoms with Crippen molar-refractivity contribution in [2.45, 2.75) is 32.3 Å². The number of thioether (sulfide) groups is 1. The van der Waals surface area contributed by atoms with E-state index in [1.807, 2.05) is 13.8 Å². The molecule has 0 atom stereocenters. The summed E-state index contributed by atoms with van der Waals surface area (Å²) in [6, 6.07) is 0. The Hall–Kier alpha value is -1.94. The molecule has 0 spiro atoms. The molecule has 1 amide bonds. The number of nitrogens with zero attached hydrogens (tertiary/aromatic N) is 4. The first-order valence-electron chi connectivity index (χ1n) is 7.42. The Morgan fingerprint density at radius 2 is 2.12 bits per heavy atom. The summed E-state index contributed by atoms with van der Waals surface area (Å²) in [7, 11) is 1.70. The minimum Gasteiger partial charge on any atom is -0.462 e. The van der Waals surface area contributed by atoms with Crippen LogP contribution in [0.3, 0.4) is 0 Å². The van der Waals surface area contributed by atoms with Crippen molar-refractivity contribution in [1.29, 1.82) is 0 Å². The van der Waals surface area contributed by atoms with Gasteiger partial charge >= 0.3 is 5.97 Å². The van der Waals surface area contributed by atoms with Crippen LogP contribution in [0, 0.1) is 6.92 Å². The lowest BCUT2D eigenvalue weighted by Gasteiger charge is -2.07. The van der Waals surface area contributed by atoms with E-state index in [1.54, 1.807) is 14.0 Å². The lowest BCUT2D eigenvalue weighted by molar-refractivity contribution is -0.113. The lowest BCUT2D eigenvalue weighted by Crippen LogP contribution is -2.17. The van der Waals surface area contributed by atoms with E-state index >= 15 is 0 Å². The van der Waals surface area contributed by atoms with E-state index in [0.717, 1.165) is 10.4 Å². The molecule has 0 aliphatic rings. The van der Waals surface area contributed by atoms with Crippen molar-refractivity contribution in [2.75, 3.05) is 17.7 Å². The first kappa shape index (κ1) is 18.4. The van der Waals surface area contributed by atoms with Crippen LogP contribution < -0.4 is 5.32 Å². The van der Waals surface area contributed by atoms with Gasteiger partial charge < -0.3 is 10.1 Å². The average molecular weight is 369 g/mol. The number of aryl methyl sites for hydroxylation is 2. The first-order valence-corrected chi connectivity index (χ1v) is 9.22. The van der Waals surface area contributed by atoms with Gasteiger partial charge in [-0.3, -0.25) is 4.79 Å². The second kappa shape index (κ2) is 8.25. The van der Waals surface area contributed by atoms with Crippen LogP contribution in [0.15, 0.2) is 5.16 Å². The summed E-state index contributed by atoms with van der Waals surface area (Å²) in [6.07, 6.45) is 0.700. The molecule has 0 fully saturated rings. The SMILES string of the molecule is CCOC(=O)c1c(NC(=O)CSc2nnnn2C)sc(C)c1CC. The number of amides is 1. The lowest BCUT2D eigenvalue weighted by atomic mass is 10.1. The normalized spacial score (nSPS) is 10.7. The van der Waals surface area contributed by atoms with Crippen molar-refractivity contribution in [3.8, 4) is 0 Å². The number of tetrazole rings is 1. The minimum absolute atomic E-state index is 0.148. The van der Waals surface area contributed by atoms with Gasteiger partial charge in [0.05, 0.1) is 17.9 Å². The van der Waals surface area contributed by atoms with Gasteiger partial charge in [0.15, 0.2) is 0 Å². The maximum atomic E-state index is 12.2. The van der Waals surface area contributed by atoms with Crippen LogP contribution in [0.1, 0.15) is 34.6 Å². The van der Waals surface area contributed by atoms with E-state index in [0.29, 0.717) is 28.7 Å². The number of esters is 1. The molecule has 0 aliphatic heterocycles. The third kappa shape index (κ3) is 4.12. The molecule has 0 saturated heterocycles. The molecule has 24 heavy (non-hydrogen) atoms. The molecule has 2 rings (SSSR count). The summed E-state index contributed by atoms with van der Waals surface area (Å²) in [6.45, 7) is 5.95. The van der Waals surface area contributed by atoms with Crippen LogP contribution in [0.25, 0.3) is 0 Å². The fraction of sp³-hybridized carbons (Fsp3) is 0.500. The van der Waals surface area contributed by atoms with Gasteiger partial charge in [0, 0.05) is 11.9 Å². The predicted molar refractivity (Wildman–Crippen MR) is 92.5 cm³/mol. The van der Waals surface area contributed by atoms with Crippen molar-refractivity contribution in [2.24, 2.45) is 7.05 Å². The van der Waals surface area contributed by atoms with Crippen molar-refractivity contribution >= 4 is 40.0 Å². The van der Waals surface area contributed by atoms with Crippen molar-refractivity contribution in [1.82, 2.24) is 20.2 Å². The molecule has 0 bridgehead atoms. The second-order valence-corrected chi connectivity index (χ2v) is 7.00. The smallest absolute Gasteiger partial charge is 0.341 e. The van der Waals surface area contributed by atoms with E-state index in [1.165, 1.54) is 27.8 Å². The summed E-state index contributed by atoms with van der Waals surface area (Å²) in [5.74, 6) is -0.480. The van der Waals surface area contributed by atoms with E-state index in [9.17, 15) is 9.59 Å². The zero-order valence-corrected chi connectivity index (χ0v) is 15.6. The van der Waals surface area contributed by atoms with E-state index < -0.39 is 5.97 Å².